The van der Waals surface area contributed by atoms with Crippen molar-refractivity contribution in [1.82, 2.24) is 0 Å². The van der Waals surface area contributed by atoms with Crippen molar-refractivity contribution in [3.8, 4) is 17.2 Å². The van der Waals surface area contributed by atoms with Gasteiger partial charge in [0, 0.05) is 23.4 Å². The molecular weight excluding hydrogens is 336 g/mol. The van der Waals surface area contributed by atoms with E-state index >= 15 is 0 Å². The summed E-state index contributed by atoms with van der Waals surface area (Å²) in [5.74, 6) is 1.19. The third-order valence-corrected chi connectivity index (χ3v) is 4.08. The molecule has 0 radical (unpaired) electrons. The second-order valence-electron chi connectivity index (χ2n) is 5.60. The highest BCUT2D eigenvalue weighted by Crippen LogP contribution is 2.27. The van der Waals surface area contributed by atoms with Gasteiger partial charge in [-0.05, 0) is 24.3 Å². The molecule has 1 aromatic heterocycles. The minimum Gasteiger partial charge on any atom is -0.497 e. The third-order valence-electron chi connectivity index (χ3n) is 4.08. The molecule has 6 nitrogen and oxygen atoms in total. The molecule has 0 amide bonds. The summed E-state index contributed by atoms with van der Waals surface area (Å²) in [6, 6.07) is 11.9. The lowest BCUT2D eigenvalue weighted by molar-refractivity contribution is 0.0989. The van der Waals surface area contributed by atoms with Gasteiger partial charge < -0.3 is 18.6 Å². The van der Waals surface area contributed by atoms with Gasteiger partial charge >= 0.3 is 5.63 Å². The molecule has 0 aliphatic carbocycles. The first-order valence-electron chi connectivity index (χ1n) is 7.92. The number of methoxy groups -OCH3 is 3. The molecule has 0 unspecified atom stereocenters. The van der Waals surface area contributed by atoms with Crippen LogP contribution in [0.3, 0.4) is 0 Å². The number of Topliss-reactive ketones (excluding diaryl/α,β-unsaturated/α-hetero) is 1. The lowest BCUT2D eigenvalue weighted by Crippen LogP contribution is -2.14. The van der Waals surface area contributed by atoms with Gasteiger partial charge in [0.05, 0.1) is 26.9 Å². The summed E-state index contributed by atoms with van der Waals surface area (Å²) in [4.78, 5) is 25.0. The van der Waals surface area contributed by atoms with Crippen molar-refractivity contribution in [3.05, 3.63) is 64.0 Å². The Kier molecular flexibility index (Phi) is 4.93. The molecule has 6 heteroatoms. The zero-order chi connectivity index (χ0) is 18.7. The van der Waals surface area contributed by atoms with E-state index in [1.165, 1.54) is 21.3 Å². The molecular formula is C20H18O6. The topological polar surface area (TPSA) is 75.0 Å². The summed E-state index contributed by atoms with van der Waals surface area (Å²) >= 11 is 0. The average molecular weight is 354 g/mol. The minimum absolute atomic E-state index is 0.0990. The molecule has 134 valence electrons. The number of hydrogen-bond donors (Lipinski definition) is 0. The molecule has 0 fully saturated rings. The fourth-order valence-corrected chi connectivity index (χ4v) is 2.74. The van der Waals surface area contributed by atoms with E-state index in [0.717, 1.165) is 0 Å². The monoisotopic (exact) mass is 354 g/mol. The lowest BCUT2D eigenvalue weighted by Gasteiger charge is -2.10. The first-order valence-corrected chi connectivity index (χ1v) is 7.92. The number of ketones is 1. The van der Waals surface area contributed by atoms with E-state index in [2.05, 4.69) is 0 Å². The molecule has 3 aromatic rings. The Hall–Kier alpha value is -3.28. The molecule has 0 atom stereocenters. The molecule has 26 heavy (non-hydrogen) atoms. The summed E-state index contributed by atoms with van der Waals surface area (Å²) in [6.07, 6.45) is -0.0990. The van der Waals surface area contributed by atoms with E-state index in [0.29, 0.717) is 33.8 Å². The lowest BCUT2D eigenvalue weighted by atomic mass is 10.0. The number of hydrogen-bond acceptors (Lipinski definition) is 6. The number of para-hydroxylation sites is 1. The second-order valence-corrected chi connectivity index (χ2v) is 5.60. The van der Waals surface area contributed by atoms with Gasteiger partial charge in [0.25, 0.3) is 0 Å². The van der Waals surface area contributed by atoms with Gasteiger partial charge in [0.2, 0.25) is 0 Å². The molecule has 0 aliphatic heterocycles. The fourth-order valence-electron chi connectivity index (χ4n) is 2.74. The molecule has 3 rings (SSSR count). The van der Waals surface area contributed by atoms with Crippen LogP contribution in [0.4, 0.5) is 0 Å². The molecule has 1 heterocycles. The van der Waals surface area contributed by atoms with Crippen LogP contribution in [0.15, 0.2) is 51.7 Å². The molecule has 0 N–H and O–H groups in total. The quantitative estimate of drug-likeness (QED) is 0.500. The molecule has 0 bridgehead atoms. The Morgan fingerprint density at radius 3 is 2.42 bits per heavy atom. The largest absolute Gasteiger partial charge is 0.497 e. The van der Waals surface area contributed by atoms with Crippen LogP contribution in [0.2, 0.25) is 0 Å². The highest BCUT2D eigenvalue weighted by molar-refractivity contribution is 6.00. The van der Waals surface area contributed by atoms with Gasteiger partial charge in [-0.3, -0.25) is 4.79 Å². The van der Waals surface area contributed by atoms with Crippen molar-refractivity contribution in [2.24, 2.45) is 0 Å². The number of carbonyl (C=O) groups excluding carboxylic acids is 1. The van der Waals surface area contributed by atoms with Gasteiger partial charge in [0.15, 0.2) is 17.1 Å². The number of carbonyl (C=O) groups is 1. The van der Waals surface area contributed by atoms with Gasteiger partial charge in [-0.1, -0.05) is 12.1 Å². The Bertz CT molecular complexity index is 1020. The summed E-state index contributed by atoms with van der Waals surface area (Å²) in [5, 5.41) is 0.688. The van der Waals surface area contributed by atoms with E-state index in [9.17, 15) is 9.59 Å². The maximum Gasteiger partial charge on any atom is 0.340 e. The summed E-state index contributed by atoms with van der Waals surface area (Å²) in [7, 11) is 4.51. The van der Waals surface area contributed by atoms with Gasteiger partial charge in [-0.2, -0.15) is 0 Å². The number of benzene rings is 2. The normalized spacial score (nSPS) is 10.6. The van der Waals surface area contributed by atoms with Crippen LogP contribution in [-0.4, -0.2) is 27.1 Å². The Morgan fingerprint density at radius 1 is 0.962 bits per heavy atom. The fraction of sp³-hybridized carbons (Fsp3) is 0.200. The van der Waals surface area contributed by atoms with Crippen LogP contribution in [0.5, 0.6) is 17.2 Å². The average Bonchev–Trinajstić information content (AvgIpc) is 2.67. The first-order chi connectivity index (χ1) is 12.6. The summed E-state index contributed by atoms with van der Waals surface area (Å²) < 4.78 is 20.9. The van der Waals surface area contributed by atoms with Crippen molar-refractivity contribution in [2.75, 3.05) is 21.3 Å². The van der Waals surface area contributed by atoms with Crippen molar-refractivity contribution in [1.29, 1.82) is 0 Å². The van der Waals surface area contributed by atoms with Gasteiger partial charge in [-0.15, -0.1) is 0 Å². The SMILES string of the molecule is COc1ccc(C(=O)Cc2cc3cccc(OC)c3oc2=O)c(OC)c1. The smallest absolute Gasteiger partial charge is 0.340 e. The Labute approximate surface area is 149 Å². The van der Waals surface area contributed by atoms with Crippen molar-refractivity contribution < 1.29 is 23.4 Å². The maximum atomic E-state index is 12.7. The predicted octanol–water partition coefficient (Wildman–Crippen LogP) is 3.24. The van der Waals surface area contributed by atoms with Crippen molar-refractivity contribution in [2.45, 2.75) is 6.42 Å². The van der Waals surface area contributed by atoms with Crippen LogP contribution >= 0.6 is 0 Å². The summed E-state index contributed by atoms with van der Waals surface area (Å²) in [6.45, 7) is 0. The van der Waals surface area contributed by atoms with Crippen LogP contribution < -0.4 is 19.8 Å². The van der Waals surface area contributed by atoms with E-state index in [-0.39, 0.29) is 17.8 Å². The van der Waals surface area contributed by atoms with Crippen LogP contribution in [-0.2, 0) is 6.42 Å². The second kappa shape index (κ2) is 7.31. The number of rotatable bonds is 6. The summed E-state index contributed by atoms with van der Waals surface area (Å²) in [5.41, 5.74) is 0.438. The van der Waals surface area contributed by atoms with E-state index in [1.807, 2.05) is 0 Å². The van der Waals surface area contributed by atoms with Crippen molar-refractivity contribution in [3.63, 3.8) is 0 Å². The van der Waals surface area contributed by atoms with E-state index < -0.39 is 5.63 Å². The minimum atomic E-state index is -0.567. The maximum absolute atomic E-state index is 12.7. The zero-order valence-electron chi connectivity index (χ0n) is 14.7. The van der Waals surface area contributed by atoms with Gasteiger partial charge in [-0.25, -0.2) is 4.79 Å². The molecule has 0 saturated carbocycles. The van der Waals surface area contributed by atoms with Crippen molar-refractivity contribution >= 4 is 16.8 Å². The number of fused-ring (bicyclic) bond motifs is 1. The van der Waals surface area contributed by atoms with E-state index in [4.69, 9.17) is 18.6 Å². The number of ether oxygens (including phenoxy) is 3. The molecule has 0 saturated heterocycles. The predicted molar refractivity (Wildman–Crippen MR) is 96.6 cm³/mol. The molecule has 0 aliphatic rings. The first kappa shape index (κ1) is 17.5. The van der Waals surface area contributed by atoms with Crippen LogP contribution in [0, 0.1) is 0 Å². The van der Waals surface area contributed by atoms with Crippen LogP contribution in [0.1, 0.15) is 15.9 Å². The Morgan fingerprint density at radius 2 is 1.73 bits per heavy atom. The van der Waals surface area contributed by atoms with Crippen LogP contribution in [0.25, 0.3) is 11.0 Å². The molecule has 0 spiro atoms. The zero-order valence-corrected chi connectivity index (χ0v) is 14.7. The highest BCUT2D eigenvalue weighted by atomic mass is 16.5. The van der Waals surface area contributed by atoms with Gasteiger partial charge in [0.1, 0.15) is 11.5 Å². The Balaban J connectivity index is 1.97. The highest BCUT2D eigenvalue weighted by Gasteiger charge is 2.17. The standard InChI is InChI=1S/C20H18O6/c1-23-14-7-8-15(18(11-14)25-3)16(21)10-13-9-12-5-4-6-17(24-2)19(12)26-20(13)22/h4-9,11H,10H2,1-3H3. The van der Waals surface area contributed by atoms with E-state index in [1.54, 1.807) is 42.5 Å². The third kappa shape index (κ3) is 3.26. The molecule has 2 aromatic carbocycles.